The molecular weight excluding hydrogens is 298 g/mol. The lowest BCUT2D eigenvalue weighted by Gasteiger charge is -2.03. The van der Waals surface area contributed by atoms with Crippen LogP contribution in [0.5, 0.6) is 11.5 Å². The first-order valence-corrected chi connectivity index (χ1v) is 6.68. The Kier molecular flexibility index (Phi) is 5.30. The second kappa shape index (κ2) is 7.60. The predicted molar refractivity (Wildman–Crippen MR) is 84.3 cm³/mol. The third-order valence-corrected chi connectivity index (χ3v) is 2.77. The second-order valence-corrected chi connectivity index (χ2v) is 4.57. The van der Waals surface area contributed by atoms with E-state index in [0.717, 1.165) is 5.56 Å². The van der Waals surface area contributed by atoms with Crippen molar-refractivity contribution in [2.24, 2.45) is 10.8 Å². The number of hydrazone groups is 1. The zero-order valence-corrected chi connectivity index (χ0v) is 12.1. The highest BCUT2D eigenvalue weighted by Crippen LogP contribution is 2.11. The fourth-order valence-corrected chi connectivity index (χ4v) is 1.65. The van der Waals surface area contributed by atoms with E-state index in [1.165, 1.54) is 30.5 Å². The fourth-order valence-electron chi connectivity index (χ4n) is 1.65. The first-order chi connectivity index (χ1) is 11.0. The minimum Gasteiger partial charge on any atom is -0.508 e. The van der Waals surface area contributed by atoms with E-state index in [-0.39, 0.29) is 18.3 Å². The van der Waals surface area contributed by atoms with Gasteiger partial charge in [-0.2, -0.15) is 5.10 Å². The molecule has 0 fully saturated rings. The van der Waals surface area contributed by atoms with E-state index in [0.29, 0.717) is 11.3 Å². The molecule has 2 rings (SSSR count). The molecule has 118 valence electrons. The standard InChI is InChI=1S/C16H15N3O4/c17-15(21)10-23-14-7-1-11(2-8-14)9-18-19-16(22)12-3-5-13(20)6-4-12/h1-9,20H,10H2,(H2,17,21)(H,19,22)/b18-9-. The van der Waals surface area contributed by atoms with E-state index in [1.54, 1.807) is 24.3 Å². The van der Waals surface area contributed by atoms with Gasteiger partial charge in [0.1, 0.15) is 11.5 Å². The molecule has 0 radical (unpaired) electrons. The Labute approximate surface area is 132 Å². The summed E-state index contributed by atoms with van der Waals surface area (Å²) in [5.74, 6) is -0.340. The zero-order valence-electron chi connectivity index (χ0n) is 12.1. The van der Waals surface area contributed by atoms with Crippen LogP contribution in [0, 0.1) is 0 Å². The first-order valence-electron chi connectivity index (χ1n) is 6.68. The molecule has 7 nitrogen and oxygen atoms in total. The van der Waals surface area contributed by atoms with Gasteiger partial charge in [0.2, 0.25) is 0 Å². The summed E-state index contributed by atoms with van der Waals surface area (Å²) in [5, 5.41) is 13.0. The number of carbonyl (C=O) groups excluding carboxylic acids is 2. The summed E-state index contributed by atoms with van der Waals surface area (Å²) in [6.45, 7) is -0.184. The molecule has 0 saturated heterocycles. The van der Waals surface area contributed by atoms with Gasteiger partial charge in [-0.05, 0) is 54.1 Å². The summed E-state index contributed by atoms with van der Waals surface area (Å²) in [7, 11) is 0. The van der Waals surface area contributed by atoms with Crippen LogP contribution < -0.4 is 15.9 Å². The Morgan fingerprint density at radius 1 is 1.13 bits per heavy atom. The first kappa shape index (κ1) is 16.0. The Morgan fingerprint density at radius 2 is 1.78 bits per heavy atom. The van der Waals surface area contributed by atoms with Crippen molar-refractivity contribution in [1.82, 2.24) is 5.43 Å². The molecule has 2 aromatic rings. The molecule has 0 atom stereocenters. The molecule has 0 aliphatic carbocycles. The van der Waals surface area contributed by atoms with Gasteiger partial charge in [0, 0.05) is 5.56 Å². The quantitative estimate of drug-likeness (QED) is 0.545. The Balaban J connectivity index is 1.88. The van der Waals surface area contributed by atoms with E-state index in [4.69, 9.17) is 15.6 Å². The van der Waals surface area contributed by atoms with Crippen molar-refractivity contribution in [2.75, 3.05) is 6.61 Å². The third kappa shape index (κ3) is 5.16. The van der Waals surface area contributed by atoms with E-state index in [9.17, 15) is 9.59 Å². The molecule has 23 heavy (non-hydrogen) atoms. The monoisotopic (exact) mass is 313 g/mol. The molecule has 0 aromatic heterocycles. The molecule has 2 aromatic carbocycles. The molecule has 7 heteroatoms. The number of hydrogen-bond acceptors (Lipinski definition) is 5. The van der Waals surface area contributed by atoms with Crippen molar-refractivity contribution in [1.29, 1.82) is 0 Å². The van der Waals surface area contributed by atoms with E-state index < -0.39 is 5.91 Å². The van der Waals surface area contributed by atoms with Crippen molar-refractivity contribution in [3.05, 3.63) is 59.7 Å². The van der Waals surface area contributed by atoms with Crippen LogP contribution >= 0.6 is 0 Å². The fraction of sp³-hybridized carbons (Fsp3) is 0.0625. The number of amides is 2. The van der Waals surface area contributed by atoms with Crippen LogP contribution in [-0.2, 0) is 4.79 Å². The minimum atomic E-state index is -0.549. The number of phenolic OH excluding ortho intramolecular Hbond substituents is 1. The number of aromatic hydroxyl groups is 1. The number of benzene rings is 2. The van der Waals surface area contributed by atoms with Gasteiger partial charge in [0.05, 0.1) is 6.21 Å². The van der Waals surface area contributed by atoms with Crippen LogP contribution in [-0.4, -0.2) is 29.7 Å². The zero-order chi connectivity index (χ0) is 16.7. The maximum absolute atomic E-state index is 11.8. The van der Waals surface area contributed by atoms with Gasteiger partial charge in [-0.15, -0.1) is 0 Å². The van der Waals surface area contributed by atoms with Crippen LogP contribution in [0.25, 0.3) is 0 Å². The Morgan fingerprint density at radius 3 is 2.39 bits per heavy atom. The van der Waals surface area contributed by atoms with Gasteiger partial charge in [-0.3, -0.25) is 9.59 Å². The number of phenols is 1. The smallest absolute Gasteiger partial charge is 0.271 e. The molecule has 0 bridgehead atoms. The lowest BCUT2D eigenvalue weighted by molar-refractivity contribution is -0.119. The highest BCUT2D eigenvalue weighted by atomic mass is 16.5. The van der Waals surface area contributed by atoms with Crippen molar-refractivity contribution in [2.45, 2.75) is 0 Å². The molecule has 4 N–H and O–H groups in total. The summed E-state index contributed by atoms with van der Waals surface area (Å²) in [6.07, 6.45) is 1.47. The van der Waals surface area contributed by atoms with E-state index >= 15 is 0 Å². The van der Waals surface area contributed by atoms with Crippen molar-refractivity contribution in [3.63, 3.8) is 0 Å². The van der Waals surface area contributed by atoms with E-state index in [2.05, 4.69) is 10.5 Å². The third-order valence-electron chi connectivity index (χ3n) is 2.77. The van der Waals surface area contributed by atoms with Gasteiger partial charge in [-0.1, -0.05) is 0 Å². The topological polar surface area (TPSA) is 114 Å². The highest BCUT2D eigenvalue weighted by molar-refractivity contribution is 5.95. The lowest BCUT2D eigenvalue weighted by atomic mass is 10.2. The van der Waals surface area contributed by atoms with Crippen molar-refractivity contribution >= 4 is 18.0 Å². The number of nitrogens with one attached hydrogen (secondary N) is 1. The van der Waals surface area contributed by atoms with Crippen LogP contribution in [0.15, 0.2) is 53.6 Å². The van der Waals surface area contributed by atoms with Crippen molar-refractivity contribution in [3.8, 4) is 11.5 Å². The lowest BCUT2D eigenvalue weighted by Crippen LogP contribution is -2.20. The SMILES string of the molecule is NC(=O)COc1ccc(/C=N\NC(=O)c2ccc(O)cc2)cc1. The molecule has 0 heterocycles. The van der Waals surface area contributed by atoms with Crippen LogP contribution in [0.1, 0.15) is 15.9 Å². The number of primary amides is 1. The maximum atomic E-state index is 11.8. The maximum Gasteiger partial charge on any atom is 0.271 e. The number of ether oxygens (including phenoxy) is 1. The van der Waals surface area contributed by atoms with Gasteiger partial charge < -0.3 is 15.6 Å². The molecule has 0 aliphatic heterocycles. The Bertz CT molecular complexity index is 709. The summed E-state index contributed by atoms with van der Waals surface area (Å²) in [4.78, 5) is 22.4. The number of nitrogens with two attached hydrogens (primary N) is 1. The predicted octanol–water partition coefficient (Wildman–Crippen LogP) is 1.02. The number of hydrogen-bond donors (Lipinski definition) is 3. The summed E-state index contributed by atoms with van der Waals surface area (Å²) >= 11 is 0. The molecule has 0 aliphatic rings. The molecule has 0 saturated carbocycles. The van der Waals surface area contributed by atoms with Gasteiger partial charge in [0.15, 0.2) is 6.61 Å². The number of nitrogens with zero attached hydrogens (tertiary/aromatic N) is 1. The normalized spacial score (nSPS) is 10.4. The molecule has 0 unspecified atom stereocenters. The van der Waals surface area contributed by atoms with Gasteiger partial charge in [-0.25, -0.2) is 5.43 Å². The molecule has 0 spiro atoms. The van der Waals surface area contributed by atoms with Gasteiger partial charge >= 0.3 is 0 Å². The molecule has 2 amide bonds. The number of carbonyl (C=O) groups is 2. The highest BCUT2D eigenvalue weighted by Gasteiger charge is 2.03. The van der Waals surface area contributed by atoms with Crippen LogP contribution in [0.3, 0.4) is 0 Å². The largest absolute Gasteiger partial charge is 0.508 e. The Hall–Kier alpha value is -3.35. The average molecular weight is 313 g/mol. The van der Waals surface area contributed by atoms with Gasteiger partial charge in [0.25, 0.3) is 11.8 Å². The van der Waals surface area contributed by atoms with Crippen LogP contribution in [0.4, 0.5) is 0 Å². The number of rotatable bonds is 6. The summed E-state index contributed by atoms with van der Waals surface area (Å²) in [5.41, 5.74) is 8.48. The second-order valence-electron chi connectivity index (χ2n) is 4.57. The average Bonchev–Trinajstić information content (AvgIpc) is 2.54. The molecular formula is C16H15N3O4. The van der Waals surface area contributed by atoms with Crippen LogP contribution in [0.2, 0.25) is 0 Å². The van der Waals surface area contributed by atoms with E-state index in [1.807, 2.05) is 0 Å². The summed E-state index contributed by atoms with van der Waals surface area (Å²) in [6, 6.07) is 12.6. The van der Waals surface area contributed by atoms with Crippen molar-refractivity contribution < 1.29 is 19.4 Å². The minimum absolute atomic E-state index is 0.0868. The summed E-state index contributed by atoms with van der Waals surface area (Å²) < 4.78 is 5.12.